The highest BCUT2D eigenvalue weighted by molar-refractivity contribution is 5.94. The minimum atomic E-state index is 0.0955. The molecule has 4 heteroatoms. The number of carbonyl (C=O) groups is 1. The predicted molar refractivity (Wildman–Crippen MR) is 70.7 cm³/mol. The molecular formula is C14H20N2O2. The maximum atomic E-state index is 12.3. The highest BCUT2D eigenvalue weighted by Crippen LogP contribution is 2.11. The molecule has 98 valence electrons. The van der Waals surface area contributed by atoms with Gasteiger partial charge in [-0.1, -0.05) is 17.7 Å². The Balaban J connectivity index is 2.02. The molecule has 0 spiro atoms. The molecule has 1 fully saturated rings. The van der Waals surface area contributed by atoms with Crippen molar-refractivity contribution in [3.8, 4) is 0 Å². The Labute approximate surface area is 108 Å². The third-order valence-electron chi connectivity index (χ3n) is 3.16. The van der Waals surface area contributed by atoms with E-state index in [-0.39, 0.29) is 12.0 Å². The molecule has 0 saturated carbocycles. The van der Waals surface area contributed by atoms with Crippen LogP contribution in [-0.4, -0.2) is 50.2 Å². The average Bonchev–Trinajstić information content (AvgIpc) is 2.39. The Morgan fingerprint density at radius 2 is 2.17 bits per heavy atom. The number of carbonyl (C=O) groups excluding carboxylic acids is 1. The van der Waals surface area contributed by atoms with Gasteiger partial charge in [0.25, 0.3) is 5.91 Å². The molecule has 0 aliphatic carbocycles. The van der Waals surface area contributed by atoms with Crippen LogP contribution in [0.4, 0.5) is 0 Å². The van der Waals surface area contributed by atoms with E-state index in [4.69, 9.17) is 4.74 Å². The Bertz CT molecular complexity index is 401. The van der Waals surface area contributed by atoms with E-state index in [1.165, 1.54) is 5.56 Å². The van der Waals surface area contributed by atoms with Crippen molar-refractivity contribution in [1.82, 2.24) is 10.2 Å². The van der Waals surface area contributed by atoms with E-state index in [9.17, 15) is 4.79 Å². The lowest BCUT2D eigenvalue weighted by atomic mass is 10.1. The van der Waals surface area contributed by atoms with Crippen LogP contribution in [0, 0.1) is 6.92 Å². The second-order valence-electron chi connectivity index (χ2n) is 4.67. The number of ether oxygens (including phenoxy) is 1. The predicted octanol–water partition coefficient (Wildman–Crippen LogP) is 1.06. The summed E-state index contributed by atoms with van der Waals surface area (Å²) >= 11 is 0. The Kier molecular flexibility index (Phi) is 4.33. The Hall–Kier alpha value is -1.39. The van der Waals surface area contributed by atoms with Crippen LogP contribution in [0.3, 0.4) is 0 Å². The molecule has 4 nitrogen and oxygen atoms in total. The van der Waals surface area contributed by atoms with Gasteiger partial charge in [-0.2, -0.15) is 0 Å². The number of amides is 1. The second-order valence-corrected chi connectivity index (χ2v) is 4.67. The molecule has 0 bridgehead atoms. The summed E-state index contributed by atoms with van der Waals surface area (Å²) < 4.78 is 5.60. The van der Waals surface area contributed by atoms with E-state index >= 15 is 0 Å². The van der Waals surface area contributed by atoms with Gasteiger partial charge in [-0.05, 0) is 26.1 Å². The van der Waals surface area contributed by atoms with Crippen LogP contribution < -0.4 is 5.32 Å². The van der Waals surface area contributed by atoms with Crippen LogP contribution in [0.1, 0.15) is 15.9 Å². The number of aryl methyl sites for hydroxylation is 1. The van der Waals surface area contributed by atoms with Gasteiger partial charge in [0.2, 0.25) is 0 Å². The molecular weight excluding hydrogens is 228 g/mol. The second kappa shape index (κ2) is 5.98. The first-order chi connectivity index (χ1) is 8.70. The molecule has 1 unspecified atom stereocenters. The summed E-state index contributed by atoms with van der Waals surface area (Å²) in [6.07, 6.45) is 0.0955. The van der Waals surface area contributed by atoms with Crippen LogP contribution in [-0.2, 0) is 4.74 Å². The molecule has 0 aromatic heterocycles. The quantitative estimate of drug-likeness (QED) is 0.869. The van der Waals surface area contributed by atoms with Crippen molar-refractivity contribution in [2.75, 3.05) is 33.3 Å². The van der Waals surface area contributed by atoms with E-state index in [0.717, 1.165) is 12.1 Å². The molecule has 1 saturated heterocycles. The average molecular weight is 248 g/mol. The fourth-order valence-corrected chi connectivity index (χ4v) is 2.13. The lowest BCUT2D eigenvalue weighted by Crippen LogP contribution is -2.48. The largest absolute Gasteiger partial charge is 0.373 e. The summed E-state index contributed by atoms with van der Waals surface area (Å²) in [5.74, 6) is 0.0967. The van der Waals surface area contributed by atoms with Crippen molar-refractivity contribution in [3.63, 3.8) is 0 Å². The molecule has 1 atom stereocenters. The van der Waals surface area contributed by atoms with Crippen molar-refractivity contribution in [1.29, 1.82) is 0 Å². The zero-order chi connectivity index (χ0) is 13.0. The van der Waals surface area contributed by atoms with Crippen molar-refractivity contribution in [3.05, 3.63) is 35.4 Å². The van der Waals surface area contributed by atoms with E-state index in [0.29, 0.717) is 19.7 Å². The monoisotopic (exact) mass is 248 g/mol. The minimum Gasteiger partial charge on any atom is -0.373 e. The molecule has 2 rings (SSSR count). The van der Waals surface area contributed by atoms with Crippen molar-refractivity contribution in [2.45, 2.75) is 13.0 Å². The number of likely N-dealkylation sites (N-methyl/N-ethyl adjacent to an activating group) is 1. The summed E-state index contributed by atoms with van der Waals surface area (Å²) in [5, 5.41) is 3.08. The highest BCUT2D eigenvalue weighted by Gasteiger charge is 2.24. The lowest BCUT2D eigenvalue weighted by Gasteiger charge is -2.33. The summed E-state index contributed by atoms with van der Waals surface area (Å²) in [6.45, 7) is 4.74. The number of rotatable bonds is 3. The summed E-state index contributed by atoms with van der Waals surface area (Å²) in [6, 6.07) is 7.72. The Morgan fingerprint density at radius 3 is 2.83 bits per heavy atom. The number of benzene rings is 1. The van der Waals surface area contributed by atoms with Gasteiger partial charge in [-0.3, -0.25) is 4.79 Å². The molecule has 1 heterocycles. The molecule has 1 aromatic carbocycles. The number of hydrogen-bond acceptors (Lipinski definition) is 3. The highest BCUT2D eigenvalue weighted by atomic mass is 16.5. The summed E-state index contributed by atoms with van der Waals surface area (Å²) in [5.41, 5.74) is 1.92. The number of nitrogens with one attached hydrogen (secondary N) is 1. The van der Waals surface area contributed by atoms with Crippen molar-refractivity contribution < 1.29 is 9.53 Å². The third kappa shape index (κ3) is 3.09. The zero-order valence-electron chi connectivity index (χ0n) is 11.0. The molecule has 0 radical (unpaired) electrons. The first-order valence-corrected chi connectivity index (χ1v) is 6.33. The third-order valence-corrected chi connectivity index (χ3v) is 3.16. The fraction of sp³-hybridized carbons (Fsp3) is 0.500. The number of hydrogen-bond donors (Lipinski definition) is 1. The molecule has 1 aliphatic rings. The van der Waals surface area contributed by atoms with Gasteiger partial charge >= 0.3 is 0 Å². The molecule has 18 heavy (non-hydrogen) atoms. The van der Waals surface area contributed by atoms with Crippen LogP contribution in [0.5, 0.6) is 0 Å². The van der Waals surface area contributed by atoms with Gasteiger partial charge in [0.1, 0.15) is 0 Å². The normalized spacial score (nSPS) is 19.9. The first-order valence-electron chi connectivity index (χ1n) is 6.33. The van der Waals surface area contributed by atoms with Gasteiger partial charge < -0.3 is 15.0 Å². The topological polar surface area (TPSA) is 41.6 Å². The lowest BCUT2D eigenvalue weighted by molar-refractivity contribution is -0.0196. The van der Waals surface area contributed by atoms with E-state index < -0.39 is 0 Å². The van der Waals surface area contributed by atoms with Crippen LogP contribution in [0.15, 0.2) is 24.3 Å². The van der Waals surface area contributed by atoms with Gasteiger partial charge in [0.15, 0.2) is 0 Å². The van der Waals surface area contributed by atoms with E-state index in [1.54, 1.807) is 0 Å². The van der Waals surface area contributed by atoms with Gasteiger partial charge in [0.05, 0.1) is 12.7 Å². The molecule has 1 N–H and O–H groups in total. The van der Waals surface area contributed by atoms with Gasteiger partial charge in [0, 0.05) is 25.2 Å². The maximum Gasteiger partial charge on any atom is 0.254 e. The number of nitrogens with zero attached hydrogens (tertiary/aromatic N) is 1. The summed E-state index contributed by atoms with van der Waals surface area (Å²) in [4.78, 5) is 14.2. The van der Waals surface area contributed by atoms with Gasteiger partial charge in [-0.25, -0.2) is 0 Å². The first kappa shape index (κ1) is 13.1. The zero-order valence-corrected chi connectivity index (χ0v) is 11.0. The smallest absolute Gasteiger partial charge is 0.254 e. The standard InChI is InChI=1S/C14H20N2O2/c1-11-3-5-12(6-4-11)14(17)16-7-8-18-13(10-16)9-15-2/h3-6,13,15H,7-10H2,1-2H3. The maximum absolute atomic E-state index is 12.3. The Morgan fingerprint density at radius 1 is 1.44 bits per heavy atom. The number of morpholine rings is 1. The van der Waals surface area contributed by atoms with E-state index in [1.807, 2.05) is 43.1 Å². The molecule has 1 amide bonds. The van der Waals surface area contributed by atoms with Crippen molar-refractivity contribution in [2.24, 2.45) is 0 Å². The van der Waals surface area contributed by atoms with Gasteiger partial charge in [-0.15, -0.1) is 0 Å². The molecule has 1 aliphatic heterocycles. The van der Waals surface area contributed by atoms with E-state index in [2.05, 4.69) is 5.32 Å². The van der Waals surface area contributed by atoms with Crippen molar-refractivity contribution >= 4 is 5.91 Å². The van der Waals surface area contributed by atoms with Crippen LogP contribution >= 0.6 is 0 Å². The van der Waals surface area contributed by atoms with Crippen LogP contribution in [0.2, 0.25) is 0 Å². The van der Waals surface area contributed by atoms with Crippen LogP contribution in [0.25, 0.3) is 0 Å². The summed E-state index contributed by atoms with van der Waals surface area (Å²) in [7, 11) is 1.89. The fourth-order valence-electron chi connectivity index (χ4n) is 2.13. The SMILES string of the molecule is CNCC1CN(C(=O)c2ccc(C)cc2)CCO1. The molecule has 1 aromatic rings. The minimum absolute atomic E-state index is 0.0955.